The highest BCUT2D eigenvalue weighted by Crippen LogP contribution is 2.46. The number of aromatic nitrogens is 3. The molecule has 0 radical (unpaired) electrons. The first-order valence-electron chi connectivity index (χ1n) is 28.2. The maximum Gasteiger partial charge on any atom is 0.149 e. The van der Waals surface area contributed by atoms with Crippen LogP contribution in [0.15, 0.2) is 146 Å². The maximum absolute atomic E-state index is 12.0. The Balaban J connectivity index is 1.41. The molecule has 9 rings (SSSR count). The Morgan fingerprint density at radius 2 is 0.857 bits per heavy atom. The van der Waals surface area contributed by atoms with Gasteiger partial charge in [0.2, 0.25) is 0 Å². The molecular weight excluding hydrogens is 935 g/mol. The van der Waals surface area contributed by atoms with E-state index in [9.17, 15) is 5.11 Å². The van der Waals surface area contributed by atoms with Crippen molar-refractivity contribution in [3.8, 4) is 67.3 Å². The number of pyridine rings is 1. The minimum Gasteiger partial charge on any atom is -0.507 e. The average Bonchev–Trinajstić information content (AvgIpc) is 3.84. The normalized spacial score (nSPS) is 13.0. The van der Waals surface area contributed by atoms with E-state index in [0.29, 0.717) is 23.2 Å². The van der Waals surface area contributed by atoms with E-state index in [1.807, 2.05) is 18.3 Å². The monoisotopic (exact) mass is 1020 g/mol. The van der Waals surface area contributed by atoms with Crippen LogP contribution >= 0.6 is 0 Å². The Morgan fingerprint density at radius 3 is 1.36 bits per heavy atom. The Bertz CT molecular complexity index is 3620. The van der Waals surface area contributed by atoms with Crippen LogP contribution in [-0.4, -0.2) is 19.6 Å². The summed E-state index contributed by atoms with van der Waals surface area (Å²) < 4.78 is 2.29. The number of fused-ring (bicyclic) bond motifs is 2. The van der Waals surface area contributed by atoms with Crippen LogP contribution in [-0.2, 0) is 27.1 Å². The molecule has 4 nitrogen and oxygen atoms in total. The van der Waals surface area contributed by atoms with E-state index >= 15 is 0 Å². The van der Waals surface area contributed by atoms with Crippen molar-refractivity contribution in [3.63, 3.8) is 0 Å². The molecule has 398 valence electrons. The molecule has 0 saturated heterocycles. The molecule has 1 N–H and O–H groups in total. The number of phenolic OH excluding ortho intramolecular Hbond substituents is 1. The summed E-state index contributed by atoms with van der Waals surface area (Å²) in [4.78, 5) is 11.1. The molecule has 0 amide bonds. The fraction of sp³-hybridized carbons (Fsp3) is 0.370. The lowest BCUT2D eigenvalue weighted by atomic mass is 9.77. The zero-order valence-electron chi connectivity index (χ0n) is 49.9. The summed E-state index contributed by atoms with van der Waals surface area (Å²) >= 11 is 0. The summed E-state index contributed by atoms with van der Waals surface area (Å²) in [6.07, 6.45) is 2.00. The smallest absolute Gasteiger partial charge is 0.149 e. The molecule has 0 spiro atoms. The highest BCUT2D eigenvalue weighted by atomic mass is 16.3. The molecule has 0 atom stereocenters. The summed E-state index contributed by atoms with van der Waals surface area (Å²) in [5, 5.41) is 13.2. The molecule has 9 aromatic rings. The Labute approximate surface area is 462 Å². The number of hydrogen-bond acceptors (Lipinski definition) is 3. The topological polar surface area (TPSA) is 50.9 Å². The van der Waals surface area contributed by atoms with E-state index in [2.05, 4.69) is 264 Å². The lowest BCUT2D eigenvalue weighted by Crippen LogP contribution is -2.14. The second-order valence-corrected chi connectivity index (χ2v) is 28.0. The van der Waals surface area contributed by atoms with Crippen LogP contribution in [0.5, 0.6) is 5.75 Å². The molecule has 0 fully saturated rings. The predicted molar refractivity (Wildman–Crippen MR) is 331 cm³/mol. The molecule has 0 aliphatic heterocycles. The van der Waals surface area contributed by atoms with Crippen molar-refractivity contribution in [1.29, 1.82) is 0 Å². The SMILES string of the molecule is CC(C)C(c1cc(-c2cc(C(C)(C)C)cc3c(-c4ccc(C(C)(C)C)cc4)ccnc23)cc(-c2cc(-c3ccc(C(C)(C)C)cc3)cc3c2nc(-c2cc(C(C)(C)C)ccc2O)n3-c2ccc(C(C)(C)C)cc2)c1)C(C)C. The van der Waals surface area contributed by atoms with Gasteiger partial charge in [-0.15, -0.1) is 0 Å². The highest BCUT2D eigenvalue weighted by molar-refractivity contribution is 6.04. The molecule has 2 aromatic heterocycles. The number of imidazole rings is 1. The number of nitrogens with zero attached hydrogens (tertiary/aromatic N) is 3. The Kier molecular flexibility index (Phi) is 14.2. The third kappa shape index (κ3) is 11.1. The van der Waals surface area contributed by atoms with Gasteiger partial charge in [-0.05, 0) is 172 Å². The van der Waals surface area contributed by atoms with Gasteiger partial charge in [-0.1, -0.05) is 210 Å². The molecule has 0 bridgehead atoms. The van der Waals surface area contributed by atoms with E-state index in [1.54, 1.807) is 0 Å². The standard InChI is InChI=1S/C73H85N3O/c1-44(2)65(45(3)4)51-37-49(36-50(38-51)60-42-56(73(17,18)19)43-61-58(34-35-74-66(60)61)47-22-26-53(27-23-47)70(8,9)10)59-39-48(46-20-24-52(25-21-46)69(5,6)7)40-63-67(59)75-68(62-41-55(72(14,15)16)30-33-64(62)77)76(63)57-31-28-54(29-32-57)71(11,12)13/h20-45,65,77H,1-19H3. The molecule has 7 aromatic carbocycles. The van der Waals surface area contributed by atoms with Crippen molar-refractivity contribution >= 4 is 21.9 Å². The van der Waals surface area contributed by atoms with E-state index < -0.39 is 0 Å². The Morgan fingerprint density at radius 1 is 0.390 bits per heavy atom. The number of phenols is 1. The molecule has 0 unspecified atom stereocenters. The van der Waals surface area contributed by atoms with Crippen LogP contribution in [0.4, 0.5) is 0 Å². The first-order chi connectivity index (χ1) is 35.9. The number of hydrogen-bond donors (Lipinski definition) is 1. The van der Waals surface area contributed by atoms with Gasteiger partial charge < -0.3 is 5.11 Å². The van der Waals surface area contributed by atoms with Crippen LogP contribution in [0, 0.1) is 11.8 Å². The minimum atomic E-state index is -0.160. The highest BCUT2D eigenvalue weighted by Gasteiger charge is 2.28. The largest absolute Gasteiger partial charge is 0.507 e. The summed E-state index contributed by atoms with van der Waals surface area (Å²) in [6, 6.07) is 52.2. The number of aromatic hydroxyl groups is 1. The van der Waals surface area contributed by atoms with E-state index in [0.717, 1.165) is 66.6 Å². The van der Waals surface area contributed by atoms with Crippen molar-refractivity contribution in [2.24, 2.45) is 11.8 Å². The second-order valence-electron chi connectivity index (χ2n) is 28.0. The van der Waals surface area contributed by atoms with Gasteiger partial charge in [-0.2, -0.15) is 0 Å². The fourth-order valence-corrected chi connectivity index (χ4v) is 11.5. The quantitative estimate of drug-likeness (QED) is 0.157. The summed E-state index contributed by atoms with van der Waals surface area (Å²) in [5.74, 6) is 1.92. The molecular formula is C73H85N3O. The minimum absolute atomic E-state index is 0.00512. The molecule has 2 heterocycles. The lowest BCUT2D eigenvalue weighted by Gasteiger charge is -2.27. The van der Waals surface area contributed by atoms with Crippen molar-refractivity contribution in [3.05, 3.63) is 179 Å². The van der Waals surface area contributed by atoms with E-state index in [1.165, 1.54) is 38.9 Å². The van der Waals surface area contributed by atoms with Crippen LogP contribution < -0.4 is 0 Å². The fourth-order valence-electron chi connectivity index (χ4n) is 11.5. The molecule has 0 saturated carbocycles. The van der Waals surface area contributed by atoms with Crippen LogP contribution in [0.2, 0.25) is 0 Å². The zero-order valence-corrected chi connectivity index (χ0v) is 49.9. The first kappa shape index (κ1) is 55.0. The summed E-state index contributed by atoms with van der Waals surface area (Å²) in [7, 11) is 0. The summed E-state index contributed by atoms with van der Waals surface area (Å²) in [5.41, 5.74) is 20.8. The number of rotatable bonds is 9. The zero-order chi connectivity index (χ0) is 55.9. The van der Waals surface area contributed by atoms with Crippen molar-refractivity contribution in [2.45, 2.75) is 165 Å². The van der Waals surface area contributed by atoms with E-state index in [-0.39, 0.29) is 38.7 Å². The molecule has 0 aliphatic rings. The van der Waals surface area contributed by atoms with Crippen LogP contribution in [0.25, 0.3) is 83.5 Å². The lowest BCUT2D eigenvalue weighted by molar-refractivity contribution is 0.388. The van der Waals surface area contributed by atoms with Crippen LogP contribution in [0.3, 0.4) is 0 Å². The van der Waals surface area contributed by atoms with Gasteiger partial charge in [-0.25, -0.2) is 4.98 Å². The molecule has 4 heteroatoms. The van der Waals surface area contributed by atoms with Gasteiger partial charge >= 0.3 is 0 Å². The van der Waals surface area contributed by atoms with Gasteiger partial charge in [-0.3, -0.25) is 9.55 Å². The van der Waals surface area contributed by atoms with Gasteiger partial charge in [0.25, 0.3) is 0 Å². The third-order valence-electron chi connectivity index (χ3n) is 16.1. The van der Waals surface area contributed by atoms with Crippen LogP contribution in [0.1, 0.15) is 171 Å². The van der Waals surface area contributed by atoms with Gasteiger partial charge in [0.1, 0.15) is 11.6 Å². The van der Waals surface area contributed by atoms with Crippen molar-refractivity contribution in [1.82, 2.24) is 14.5 Å². The summed E-state index contributed by atoms with van der Waals surface area (Å²) in [6.45, 7) is 43.5. The number of benzene rings is 7. The van der Waals surface area contributed by atoms with Gasteiger partial charge in [0.15, 0.2) is 0 Å². The van der Waals surface area contributed by atoms with Gasteiger partial charge in [0, 0.05) is 28.4 Å². The van der Waals surface area contributed by atoms with Gasteiger partial charge in [0.05, 0.1) is 22.1 Å². The average molecular weight is 1020 g/mol. The predicted octanol–water partition coefficient (Wildman–Crippen LogP) is 20.5. The van der Waals surface area contributed by atoms with Crippen molar-refractivity contribution < 1.29 is 5.11 Å². The molecule has 0 aliphatic carbocycles. The molecule has 77 heavy (non-hydrogen) atoms. The van der Waals surface area contributed by atoms with E-state index in [4.69, 9.17) is 9.97 Å². The Hall–Kier alpha value is -6.78. The first-order valence-corrected chi connectivity index (χ1v) is 28.2. The third-order valence-corrected chi connectivity index (χ3v) is 16.1. The second kappa shape index (κ2) is 19.9. The van der Waals surface area contributed by atoms with Crippen molar-refractivity contribution in [2.75, 3.05) is 0 Å². The maximum atomic E-state index is 12.0.